The predicted molar refractivity (Wildman–Crippen MR) is 53.8 cm³/mol. The molecule has 0 radical (unpaired) electrons. The molecule has 2 rings (SSSR count). The summed E-state index contributed by atoms with van der Waals surface area (Å²) in [6, 6.07) is 0. The van der Waals surface area contributed by atoms with Crippen LogP contribution in [0.5, 0.6) is 0 Å². The Morgan fingerprint density at radius 3 is 3.12 bits per heavy atom. The van der Waals surface area contributed by atoms with Crippen LogP contribution >= 0.6 is 0 Å². The lowest BCUT2D eigenvalue weighted by Crippen LogP contribution is -2.06. The number of ether oxygens (including phenoxy) is 1. The Labute approximate surface area is 95.8 Å². The fourth-order valence-corrected chi connectivity index (χ4v) is 1.22. The maximum Gasteiger partial charge on any atom is 0.329 e. The summed E-state index contributed by atoms with van der Waals surface area (Å²) >= 11 is 0. The first-order valence-electron chi connectivity index (χ1n) is 4.75. The summed E-state index contributed by atoms with van der Waals surface area (Å²) < 4.78 is 11.5. The molecule has 17 heavy (non-hydrogen) atoms. The van der Waals surface area contributed by atoms with Crippen molar-refractivity contribution in [3.05, 3.63) is 18.4 Å². The van der Waals surface area contributed by atoms with Crippen LogP contribution in [0.1, 0.15) is 5.89 Å². The molecule has 0 aliphatic heterocycles. The second-order valence-electron chi connectivity index (χ2n) is 3.29. The van der Waals surface area contributed by atoms with Crippen molar-refractivity contribution < 1.29 is 19.2 Å². The summed E-state index contributed by atoms with van der Waals surface area (Å²) in [5.41, 5.74) is 0.707. The number of carboxylic acids is 1. The number of carbonyl (C=O) groups is 1. The van der Waals surface area contributed by atoms with Crippen molar-refractivity contribution in [2.75, 3.05) is 6.61 Å². The van der Waals surface area contributed by atoms with Crippen molar-refractivity contribution in [3.8, 4) is 11.5 Å². The number of rotatable bonds is 5. The molecule has 8 heteroatoms. The Morgan fingerprint density at radius 1 is 1.65 bits per heavy atom. The zero-order valence-electron chi connectivity index (χ0n) is 9.03. The Bertz CT molecular complexity index is 519. The lowest BCUT2D eigenvalue weighted by atomic mass is 10.4. The van der Waals surface area contributed by atoms with Crippen LogP contribution in [-0.4, -0.2) is 37.4 Å². The number of aliphatic carboxylic acids is 1. The van der Waals surface area contributed by atoms with Gasteiger partial charge in [0.2, 0.25) is 5.82 Å². The molecular weight excluding hydrogens is 228 g/mol. The van der Waals surface area contributed by atoms with Crippen molar-refractivity contribution >= 4 is 5.97 Å². The van der Waals surface area contributed by atoms with Crippen molar-refractivity contribution in [1.82, 2.24) is 19.7 Å². The van der Waals surface area contributed by atoms with Gasteiger partial charge in [-0.1, -0.05) is 5.16 Å². The largest absolute Gasteiger partial charge is 0.480 e. The van der Waals surface area contributed by atoms with Crippen LogP contribution in [0, 0.1) is 0 Å². The number of imidazole rings is 1. The molecule has 0 bridgehead atoms. The van der Waals surface area contributed by atoms with Gasteiger partial charge in [0.05, 0.1) is 12.5 Å². The highest BCUT2D eigenvalue weighted by Crippen LogP contribution is 2.13. The first kappa shape index (κ1) is 11.3. The Hall–Kier alpha value is -2.22. The summed E-state index contributed by atoms with van der Waals surface area (Å²) in [6.45, 7) is -0.430. The zero-order chi connectivity index (χ0) is 12.3. The Kier molecular flexibility index (Phi) is 3.15. The van der Waals surface area contributed by atoms with Gasteiger partial charge >= 0.3 is 5.97 Å². The number of aryl methyl sites for hydroxylation is 1. The van der Waals surface area contributed by atoms with E-state index in [1.165, 1.54) is 0 Å². The summed E-state index contributed by atoms with van der Waals surface area (Å²) in [6.07, 6.45) is 3.22. The number of carboxylic acid groups (broad SMARTS) is 1. The first-order chi connectivity index (χ1) is 8.16. The average Bonchev–Trinajstić information content (AvgIpc) is 2.86. The van der Waals surface area contributed by atoms with Gasteiger partial charge in [-0.3, -0.25) is 0 Å². The van der Waals surface area contributed by atoms with Crippen LogP contribution < -0.4 is 0 Å². The van der Waals surface area contributed by atoms with Gasteiger partial charge in [-0.25, -0.2) is 9.78 Å². The molecule has 1 N–H and O–H groups in total. The molecule has 8 nitrogen and oxygen atoms in total. The minimum Gasteiger partial charge on any atom is -0.480 e. The van der Waals surface area contributed by atoms with Gasteiger partial charge in [0.15, 0.2) is 0 Å². The van der Waals surface area contributed by atoms with E-state index >= 15 is 0 Å². The quantitative estimate of drug-likeness (QED) is 0.786. The van der Waals surface area contributed by atoms with E-state index in [0.717, 1.165) is 0 Å². The van der Waals surface area contributed by atoms with Gasteiger partial charge < -0.3 is 18.9 Å². The van der Waals surface area contributed by atoms with Gasteiger partial charge in [-0.15, -0.1) is 0 Å². The Morgan fingerprint density at radius 2 is 2.47 bits per heavy atom. The highest BCUT2D eigenvalue weighted by molar-refractivity contribution is 5.67. The van der Waals surface area contributed by atoms with Gasteiger partial charge in [0.1, 0.15) is 18.9 Å². The van der Waals surface area contributed by atoms with Crippen LogP contribution in [0.3, 0.4) is 0 Å². The van der Waals surface area contributed by atoms with E-state index in [1.54, 1.807) is 24.1 Å². The molecule has 0 spiro atoms. The molecule has 0 fully saturated rings. The van der Waals surface area contributed by atoms with Crippen LogP contribution in [0.25, 0.3) is 11.5 Å². The molecule has 2 heterocycles. The van der Waals surface area contributed by atoms with Crippen LogP contribution in [0.15, 0.2) is 17.0 Å². The van der Waals surface area contributed by atoms with E-state index in [-0.39, 0.29) is 12.5 Å². The third-order valence-corrected chi connectivity index (χ3v) is 1.96. The Balaban J connectivity index is 2.01. The minimum atomic E-state index is -1.05. The molecule has 0 saturated heterocycles. The van der Waals surface area contributed by atoms with Gasteiger partial charge in [-0.05, 0) is 0 Å². The lowest BCUT2D eigenvalue weighted by molar-refractivity contribution is -0.142. The maximum atomic E-state index is 10.2. The number of hydrogen-bond donors (Lipinski definition) is 1. The van der Waals surface area contributed by atoms with Crippen LogP contribution in [0.4, 0.5) is 0 Å². The molecule has 0 unspecified atom stereocenters. The molecular formula is C9H10N4O4. The number of aromatic nitrogens is 4. The van der Waals surface area contributed by atoms with Crippen molar-refractivity contribution in [1.29, 1.82) is 0 Å². The molecule has 0 amide bonds. The fourth-order valence-electron chi connectivity index (χ4n) is 1.22. The summed E-state index contributed by atoms with van der Waals surface area (Å²) in [4.78, 5) is 18.2. The normalized spacial score (nSPS) is 10.6. The molecule has 2 aromatic heterocycles. The first-order valence-corrected chi connectivity index (χ1v) is 4.75. The fraction of sp³-hybridized carbons (Fsp3) is 0.333. The van der Waals surface area contributed by atoms with Crippen molar-refractivity contribution in [2.24, 2.45) is 7.05 Å². The van der Waals surface area contributed by atoms with E-state index in [0.29, 0.717) is 11.5 Å². The molecule has 2 aromatic rings. The molecule has 0 aliphatic rings. The van der Waals surface area contributed by atoms with Gasteiger partial charge in [-0.2, -0.15) is 4.98 Å². The summed E-state index contributed by atoms with van der Waals surface area (Å²) in [5, 5.41) is 12.1. The van der Waals surface area contributed by atoms with Gasteiger partial charge in [0, 0.05) is 7.05 Å². The molecule has 0 aliphatic carbocycles. The van der Waals surface area contributed by atoms with E-state index in [1.807, 2.05) is 0 Å². The summed E-state index contributed by atoms with van der Waals surface area (Å²) in [5.74, 6) is -0.433. The molecule has 0 aromatic carbocycles. The molecule has 0 saturated carbocycles. The average molecular weight is 238 g/mol. The number of nitrogens with zero attached hydrogens (tertiary/aromatic N) is 4. The lowest BCUT2D eigenvalue weighted by Gasteiger charge is -1.94. The van der Waals surface area contributed by atoms with E-state index in [9.17, 15) is 4.79 Å². The SMILES string of the molecule is Cn1cncc1-c1noc(COCC(=O)O)n1. The van der Waals surface area contributed by atoms with Crippen molar-refractivity contribution in [3.63, 3.8) is 0 Å². The standard InChI is InChI=1S/C9H10N4O4/c1-13-5-10-2-6(13)9-11-7(17-12-9)3-16-4-8(14)15/h2,5H,3-4H2,1H3,(H,14,15). The molecule has 0 atom stereocenters. The van der Waals surface area contributed by atoms with Crippen LogP contribution in [-0.2, 0) is 23.2 Å². The highest BCUT2D eigenvalue weighted by Gasteiger charge is 2.11. The smallest absolute Gasteiger partial charge is 0.329 e. The maximum absolute atomic E-state index is 10.2. The number of hydrogen-bond acceptors (Lipinski definition) is 6. The predicted octanol–water partition coefficient (Wildman–Crippen LogP) is 0.0713. The zero-order valence-corrected chi connectivity index (χ0v) is 9.03. The second-order valence-corrected chi connectivity index (χ2v) is 3.29. The third-order valence-electron chi connectivity index (χ3n) is 1.96. The minimum absolute atomic E-state index is 0.0306. The third kappa shape index (κ3) is 2.67. The van der Waals surface area contributed by atoms with E-state index in [2.05, 4.69) is 15.1 Å². The van der Waals surface area contributed by atoms with Gasteiger partial charge in [0.25, 0.3) is 5.89 Å². The molecule has 90 valence electrons. The second kappa shape index (κ2) is 4.74. The van der Waals surface area contributed by atoms with E-state index in [4.69, 9.17) is 14.4 Å². The summed E-state index contributed by atoms with van der Waals surface area (Å²) in [7, 11) is 1.80. The topological polar surface area (TPSA) is 103 Å². The van der Waals surface area contributed by atoms with E-state index < -0.39 is 12.6 Å². The highest BCUT2D eigenvalue weighted by atomic mass is 16.5. The van der Waals surface area contributed by atoms with Crippen LogP contribution in [0.2, 0.25) is 0 Å². The monoisotopic (exact) mass is 238 g/mol. The van der Waals surface area contributed by atoms with Crippen molar-refractivity contribution in [2.45, 2.75) is 6.61 Å².